The Morgan fingerprint density at radius 1 is 1.03 bits per heavy atom. The number of para-hydroxylation sites is 1. The largest absolute Gasteiger partial charge is 0.295 e. The van der Waals surface area contributed by atoms with Crippen molar-refractivity contribution in [1.29, 1.82) is 0 Å². The first-order valence-electron chi connectivity index (χ1n) is 9.60. The van der Waals surface area contributed by atoms with Crippen LogP contribution in [-0.2, 0) is 12.8 Å². The topological polar surface area (TPSA) is 70.0 Å². The zero-order chi connectivity index (χ0) is 20.8. The number of aryl methyl sites for hydroxylation is 3. The Hall–Kier alpha value is -3.39. The number of imidazole rings is 1. The summed E-state index contributed by atoms with van der Waals surface area (Å²) in [4.78, 5) is 17.1. The van der Waals surface area contributed by atoms with Crippen molar-refractivity contribution in [1.82, 2.24) is 28.7 Å². The summed E-state index contributed by atoms with van der Waals surface area (Å²) >= 11 is 1.59. The highest BCUT2D eigenvalue weighted by Gasteiger charge is 2.16. The van der Waals surface area contributed by atoms with Gasteiger partial charge in [-0.1, -0.05) is 30.0 Å². The maximum Gasteiger partial charge on any atom is 0.262 e. The van der Waals surface area contributed by atoms with Gasteiger partial charge >= 0.3 is 0 Å². The maximum absolute atomic E-state index is 12.6. The highest BCUT2D eigenvalue weighted by Crippen LogP contribution is 2.25. The molecular weight excluding hydrogens is 396 g/mol. The number of aromatic nitrogens is 6. The number of hydrogen-bond donors (Lipinski definition) is 0. The van der Waals surface area contributed by atoms with Gasteiger partial charge in [0.1, 0.15) is 5.82 Å². The maximum atomic E-state index is 12.6. The van der Waals surface area contributed by atoms with Crippen molar-refractivity contribution in [3.8, 4) is 5.69 Å². The van der Waals surface area contributed by atoms with Crippen LogP contribution < -0.4 is 5.56 Å². The molecule has 150 valence electrons. The number of thioether (sulfide) groups is 1. The first kappa shape index (κ1) is 18.6. The fourth-order valence-electron chi connectivity index (χ4n) is 3.58. The standard InChI is InChI=1S/C22H20N6OS/c1-14-8-9-16(12-15(14)2)27-11-10-23-22(27)30-13-19-24-25-21-26(3)20(29)17-6-4-5-7-18(17)28(19)21/h4-12H,13H2,1-3H3. The molecule has 0 fully saturated rings. The van der Waals surface area contributed by atoms with Gasteiger partial charge in [0.2, 0.25) is 5.78 Å². The molecule has 0 bridgehead atoms. The van der Waals surface area contributed by atoms with Gasteiger partial charge in [-0.25, -0.2) is 4.98 Å². The Labute approximate surface area is 177 Å². The average Bonchev–Trinajstić information content (AvgIpc) is 3.39. The second-order valence-corrected chi connectivity index (χ2v) is 8.21. The average molecular weight is 417 g/mol. The second-order valence-electron chi connectivity index (χ2n) is 7.27. The lowest BCUT2D eigenvalue weighted by molar-refractivity contribution is 0.857. The molecule has 0 radical (unpaired) electrons. The smallest absolute Gasteiger partial charge is 0.262 e. The molecule has 0 saturated carbocycles. The predicted octanol–water partition coefficient (Wildman–Crippen LogP) is 3.68. The molecule has 0 aliphatic rings. The van der Waals surface area contributed by atoms with E-state index in [-0.39, 0.29) is 5.56 Å². The molecule has 3 aromatic heterocycles. The Bertz CT molecular complexity index is 1460. The first-order chi connectivity index (χ1) is 14.5. The van der Waals surface area contributed by atoms with Crippen LogP contribution in [0, 0.1) is 13.8 Å². The molecular formula is C22H20N6OS. The van der Waals surface area contributed by atoms with Crippen molar-refractivity contribution in [3.63, 3.8) is 0 Å². The monoisotopic (exact) mass is 416 g/mol. The molecule has 5 rings (SSSR count). The third-order valence-corrected chi connectivity index (χ3v) is 6.36. The minimum Gasteiger partial charge on any atom is -0.295 e. The van der Waals surface area contributed by atoms with E-state index >= 15 is 0 Å². The van der Waals surface area contributed by atoms with E-state index < -0.39 is 0 Å². The van der Waals surface area contributed by atoms with E-state index in [0.29, 0.717) is 16.9 Å². The molecule has 0 unspecified atom stereocenters. The van der Waals surface area contributed by atoms with Crippen molar-refractivity contribution in [2.24, 2.45) is 7.05 Å². The summed E-state index contributed by atoms with van der Waals surface area (Å²) < 4.78 is 5.57. The van der Waals surface area contributed by atoms with E-state index in [2.05, 4.69) is 51.8 Å². The summed E-state index contributed by atoms with van der Waals surface area (Å²) in [7, 11) is 1.72. The van der Waals surface area contributed by atoms with Crippen LogP contribution in [0.15, 0.2) is 64.8 Å². The van der Waals surface area contributed by atoms with Crippen LogP contribution >= 0.6 is 11.8 Å². The minimum absolute atomic E-state index is 0.0741. The van der Waals surface area contributed by atoms with Crippen molar-refractivity contribution in [2.45, 2.75) is 24.8 Å². The van der Waals surface area contributed by atoms with Gasteiger partial charge in [-0.05, 0) is 49.2 Å². The van der Waals surface area contributed by atoms with Crippen LogP contribution in [0.3, 0.4) is 0 Å². The van der Waals surface area contributed by atoms with E-state index in [1.54, 1.807) is 29.6 Å². The quantitative estimate of drug-likeness (QED) is 0.418. The molecule has 7 nitrogen and oxygen atoms in total. The van der Waals surface area contributed by atoms with E-state index in [4.69, 9.17) is 0 Å². The first-order valence-corrected chi connectivity index (χ1v) is 10.6. The molecule has 8 heteroatoms. The Kier molecular flexibility index (Phi) is 4.43. The summed E-state index contributed by atoms with van der Waals surface area (Å²) in [6, 6.07) is 13.9. The van der Waals surface area contributed by atoms with Crippen LogP contribution in [0.25, 0.3) is 22.4 Å². The SMILES string of the molecule is Cc1ccc(-n2ccnc2SCc2nnc3n(C)c(=O)c4ccccc4n23)cc1C. The van der Waals surface area contributed by atoms with Crippen LogP contribution in [0.2, 0.25) is 0 Å². The lowest BCUT2D eigenvalue weighted by Crippen LogP contribution is -2.20. The van der Waals surface area contributed by atoms with Crippen molar-refractivity contribution in [2.75, 3.05) is 0 Å². The molecule has 2 aromatic carbocycles. The fraction of sp³-hybridized carbons (Fsp3) is 0.182. The Balaban J connectivity index is 1.54. The van der Waals surface area contributed by atoms with E-state index in [0.717, 1.165) is 22.2 Å². The molecule has 3 heterocycles. The Morgan fingerprint density at radius 3 is 2.70 bits per heavy atom. The van der Waals surface area contributed by atoms with Gasteiger partial charge in [0.15, 0.2) is 5.16 Å². The lowest BCUT2D eigenvalue weighted by atomic mass is 10.1. The molecule has 0 aliphatic carbocycles. The van der Waals surface area contributed by atoms with Gasteiger partial charge in [-0.3, -0.25) is 18.3 Å². The predicted molar refractivity (Wildman–Crippen MR) is 118 cm³/mol. The van der Waals surface area contributed by atoms with E-state index in [9.17, 15) is 4.79 Å². The summed E-state index contributed by atoms with van der Waals surface area (Å²) in [5.74, 6) is 1.88. The molecule has 0 spiro atoms. The number of fused-ring (bicyclic) bond motifs is 3. The molecule has 0 N–H and O–H groups in total. The molecule has 0 saturated heterocycles. The highest BCUT2D eigenvalue weighted by atomic mass is 32.2. The molecule has 0 atom stereocenters. The van der Waals surface area contributed by atoms with E-state index in [1.165, 1.54) is 11.1 Å². The summed E-state index contributed by atoms with van der Waals surface area (Å²) in [6.07, 6.45) is 3.77. The van der Waals surface area contributed by atoms with Gasteiger partial charge in [0, 0.05) is 25.1 Å². The molecule has 30 heavy (non-hydrogen) atoms. The van der Waals surface area contributed by atoms with Gasteiger partial charge in [-0.2, -0.15) is 0 Å². The van der Waals surface area contributed by atoms with Gasteiger partial charge in [-0.15, -0.1) is 10.2 Å². The fourth-order valence-corrected chi connectivity index (χ4v) is 4.47. The highest BCUT2D eigenvalue weighted by molar-refractivity contribution is 7.98. The normalized spacial score (nSPS) is 11.6. The minimum atomic E-state index is -0.0741. The molecule has 0 aliphatic heterocycles. The second kappa shape index (κ2) is 7.14. The molecule has 5 aromatic rings. The van der Waals surface area contributed by atoms with Gasteiger partial charge < -0.3 is 0 Å². The van der Waals surface area contributed by atoms with Crippen LogP contribution in [0.1, 0.15) is 17.0 Å². The number of hydrogen-bond acceptors (Lipinski definition) is 5. The van der Waals surface area contributed by atoms with Crippen LogP contribution in [-0.4, -0.2) is 28.7 Å². The Morgan fingerprint density at radius 2 is 1.87 bits per heavy atom. The summed E-state index contributed by atoms with van der Waals surface area (Å²) in [6.45, 7) is 4.22. The third-order valence-electron chi connectivity index (χ3n) is 5.40. The van der Waals surface area contributed by atoms with Crippen molar-refractivity contribution < 1.29 is 0 Å². The van der Waals surface area contributed by atoms with Crippen molar-refractivity contribution >= 4 is 28.4 Å². The summed E-state index contributed by atoms with van der Waals surface area (Å²) in [5, 5.41) is 10.2. The zero-order valence-electron chi connectivity index (χ0n) is 16.9. The van der Waals surface area contributed by atoms with Gasteiger partial charge in [0.25, 0.3) is 5.56 Å². The van der Waals surface area contributed by atoms with E-state index in [1.807, 2.05) is 34.9 Å². The molecule has 0 amide bonds. The lowest BCUT2D eigenvalue weighted by Gasteiger charge is -2.10. The number of benzene rings is 2. The van der Waals surface area contributed by atoms with Gasteiger partial charge in [0.05, 0.1) is 16.7 Å². The van der Waals surface area contributed by atoms with Crippen LogP contribution in [0.5, 0.6) is 0 Å². The summed E-state index contributed by atoms with van der Waals surface area (Å²) in [5.41, 5.74) is 4.33. The van der Waals surface area contributed by atoms with Crippen LogP contribution in [0.4, 0.5) is 0 Å². The van der Waals surface area contributed by atoms with Crippen molar-refractivity contribution in [3.05, 3.63) is 82.2 Å². The number of nitrogens with zero attached hydrogens (tertiary/aromatic N) is 6. The number of rotatable bonds is 4. The zero-order valence-corrected chi connectivity index (χ0v) is 17.7. The third kappa shape index (κ3) is 2.91.